The minimum atomic E-state index is -5.27. The van der Waals surface area contributed by atoms with Crippen LogP contribution in [0, 0.1) is 17.8 Å². The number of hydrogen-bond donors (Lipinski definition) is 1. The molecular formula is C11H11F3O7. The van der Waals surface area contributed by atoms with Gasteiger partial charge in [0.15, 0.2) is 0 Å². The second kappa shape index (κ2) is 5.70. The standard InChI is InChI=1S/C11H11F3O7/c1-3(7(15)16)5-6(9(18)21-8(5)17)4(2)20-10(19)11(12,13)14/h3-6H,1-2H3,(H,15,16). The highest BCUT2D eigenvalue weighted by molar-refractivity contribution is 5.99. The lowest BCUT2D eigenvalue weighted by atomic mass is 9.81. The Bertz CT molecular complexity index is 485. The van der Waals surface area contributed by atoms with Crippen LogP contribution in [0.3, 0.4) is 0 Å². The molecule has 118 valence electrons. The van der Waals surface area contributed by atoms with Crippen molar-refractivity contribution in [3.05, 3.63) is 0 Å². The van der Waals surface area contributed by atoms with Crippen molar-refractivity contribution in [1.82, 2.24) is 0 Å². The first kappa shape index (κ1) is 16.9. The van der Waals surface area contributed by atoms with Crippen LogP contribution < -0.4 is 0 Å². The van der Waals surface area contributed by atoms with E-state index in [4.69, 9.17) is 5.11 Å². The van der Waals surface area contributed by atoms with E-state index >= 15 is 0 Å². The van der Waals surface area contributed by atoms with Crippen LogP contribution in [0.25, 0.3) is 0 Å². The van der Waals surface area contributed by atoms with Crippen molar-refractivity contribution in [3.8, 4) is 0 Å². The van der Waals surface area contributed by atoms with E-state index in [9.17, 15) is 32.3 Å². The molecule has 4 unspecified atom stereocenters. The number of carbonyl (C=O) groups excluding carboxylic acids is 3. The topological polar surface area (TPSA) is 107 Å². The van der Waals surface area contributed by atoms with Crippen LogP contribution in [0.2, 0.25) is 0 Å². The molecule has 1 heterocycles. The van der Waals surface area contributed by atoms with Gasteiger partial charge in [0.25, 0.3) is 0 Å². The number of carboxylic acids is 1. The van der Waals surface area contributed by atoms with E-state index in [1.165, 1.54) is 0 Å². The first-order valence-corrected chi connectivity index (χ1v) is 5.73. The molecule has 1 saturated heterocycles. The number of esters is 3. The number of alkyl halides is 3. The molecule has 1 fully saturated rings. The van der Waals surface area contributed by atoms with Crippen molar-refractivity contribution >= 4 is 23.9 Å². The van der Waals surface area contributed by atoms with Gasteiger partial charge in [-0.1, -0.05) is 6.92 Å². The lowest BCUT2D eigenvalue weighted by molar-refractivity contribution is -0.207. The summed E-state index contributed by atoms with van der Waals surface area (Å²) in [4.78, 5) is 44.6. The Balaban J connectivity index is 2.96. The molecule has 0 aromatic carbocycles. The predicted octanol–water partition coefficient (Wildman–Crippen LogP) is 0.517. The van der Waals surface area contributed by atoms with E-state index < -0.39 is 53.9 Å². The Labute approximate surface area is 116 Å². The second-order valence-corrected chi connectivity index (χ2v) is 4.53. The van der Waals surface area contributed by atoms with Crippen molar-refractivity contribution in [1.29, 1.82) is 0 Å². The zero-order chi connectivity index (χ0) is 16.5. The Morgan fingerprint density at radius 2 is 1.67 bits per heavy atom. The van der Waals surface area contributed by atoms with Crippen molar-refractivity contribution < 1.29 is 46.9 Å². The molecular weight excluding hydrogens is 301 g/mol. The average Bonchev–Trinajstić information content (AvgIpc) is 2.61. The van der Waals surface area contributed by atoms with Crippen LogP contribution in [-0.2, 0) is 28.7 Å². The molecule has 0 spiro atoms. The molecule has 0 aromatic heterocycles. The summed E-state index contributed by atoms with van der Waals surface area (Å²) in [5.74, 6) is -10.9. The summed E-state index contributed by atoms with van der Waals surface area (Å²) < 4.78 is 44.6. The molecule has 1 aliphatic heterocycles. The van der Waals surface area contributed by atoms with E-state index in [2.05, 4.69) is 9.47 Å². The van der Waals surface area contributed by atoms with Crippen molar-refractivity contribution in [2.24, 2.45) is 17.8 Å². The van der Waals surface area contributed by atoms with E-state index in [1.807, 2.05) is 0 Å². The van der Waals surface area contributed by atoms with Crippen LogP contribution in [0.15, 0.2) is 0 Å². The summed E-state index contributed by atoms with van der Waals surface area (Å²) in [6.45, 7) is 2.05. The SMILES string of the molecule is CC(OC(=O)C(F)(F)F)C1C(=O)OC(=O)C1C(C)C(=O)O. The van der Waals surface area contributed by atoms with Crippen molar-refractivity contribution in [2.45, 2.75) is 26.1 Å². The van der Waals surface area contributed by atoms with Gasteiger partial charge in [0.05, 0.1) is 11.8 Å². The second-order valence-electron chi connectivity index (χ2n) is 4.53. The molecule has 0 aromatic rings. The molecule has 1 aliphatic rings. The largest absolute Gasteiger partial charge is 0.490 e. The highest BCUT2D eigenvalue weighted by Gasteiger charge is 2.54. The Morgan fingerprint density at radius 3 is 2.10 bits per heavy atom. The summed E-state index contributed by atoms with van der Waals surface area (Å²) in [6.07, 6.45) is -6.93. The maximum absolute atomic E-state index is 12.1. The van der Waals surface area contributed by atoms with Gasteiger partial charge in [-0.2, -0.15) is 13.2 Å². The fraction of sp³-hybridized carbons (Fsp3) is 0.636. The lowest BCUT2D eigenvalue weighted by Crippen LogP contribution is -2.39. The molecule has 1 N–H and O–H groups in total. The van der Waals surface area contributed by atoms with Crippen LogP contribution in [0.1, 0.15) is 13.8 Å². The van der Waals surface area contributed by atoms with Gasteiger partial charge in [-0.25, -0.2) is 4.79 Å². The summed E-state index contributed by atoms with van der Waals surface area (Å²) in [5.41, 5.74) is 0. The van der Waals surface area contributed by atoms with E-state index in [1.54, 1.807) is 0 Å². The van der Waals surface area contributed by atoms with Crippen LogP contribution in [0.5, 0.6) is 0 Å². The van der Waals surface area contributed by atoms with Crippen LogP contribution in [0.4, 0.5) is 13.2 Å². The number of hydrogen-bond acceptors (Lipinski definition) is 6. The van der Waals surface area contributed by atoms with Gasteiger partial charge in [0, 0.05) is 0 Å². The first-order chi connectivity index (χ1) is 9.46. The highest BCUT2D eigenvalue weighted by atomic mass is 19.4. The van der Waals surface area contributed by atoms with E-state index in [-0.39, 0.29) is 0 Å². The van der Waals surface area contributed by atoms with Gasteiger partial charge < -0.3 is 14.6 Å². The summed E-state index contributed by atoms with van der Waals surface area (Å²) in [7, 11) is 0. The Morgan fingerprint density at radius 1 is 1.19 bits per heavy atom. The average molecular weight is 312 g/mol. The number of halogens is 3. The molecule has 0 radical (unpaired) electrons. The molecule has 4 atom stereocenters. The molecule has 7 nitrogen and oxygen atoms in total. The third kappa shape index (κ3) is 3.50. The van der Waals surface area contributed by atoms with Gasteiger partial charge in [-0.05, 0) is 6.92 Å². The number of rotatable bonds is 4. The minimum absolute atomic E-state index is 0.954. The maximum atomic E-state index is 12.1. The smallest absolute Gasteiger partial charge is 0.481 e. The number of aliphatic carboxylic acids is 1. The summed E-state index contributed by atoms with van der Waals surface area (Å²) >= 11 is 0. The third-order valence-electron chi connectivity index (χ3n) is 3.09. The molecule has 1 rings (SSSR count). The zero-order valence-corrected chi connectivity index (χ0v) is 10.8. The summed E-state index contributed by atoms with van der Waals surface area (Å²) in [6, 6.07) is 0. The third-order valence-corrected chi connectivity index (χ3v) is 3.09. The molecule has 0 saturated carbocycles. The fourth-order valence-corrected chi connectivity index (χ4v) is 1.99. The number of cyclic esters (lactones) is 2. The fourth-order valence-electron chi connectivity index (χ4n) is 1.99. The zero-order valence-electron chi connectivity index (χ0n) is 10.8. The monoisotopic (exact) mass is 312 g/mol. The van der Waals surface area contributed by atoms with Gasteiger partial charge in [-0.3, -0.25) is 14.4 Å². The highest BCUT2D eigenvalue weighted by Crippen LogP contribution is 2.34. The number of carboxylic acid groups (broad SMARTS) is 1. The first-order valence-electron chi connectivity index (χ1n) is 5.73. The summed E-state index contributed by atoms with van der Waals surface area (Å²) in [5, 5.41) is 8.85. The quantitative estimate of drug-likeness (QED) is 0.595. The Kier molecular flexibility index (Phi) is 4.59. The minimum Gasteiger partial charge on any atom is -0.481 e. The molecule has 0 amide bonds. The number of ether oxygens (including phenoxy) is 2. The van der Waals surface area contributed by atoms with Crippen molar-refractivity contribution in [2.75, 3.05) is 0 Å². The number of carbonyl (C=O) groups is 4. The van der Waals surface area contributed by atoms with E-state index in [0.29, 0.717) is 0 Å². The van der Waals surface area contributed by atoms with Crippen molar-refractivity contribution in [3.63, 3.8) is 0 Å². The van der Waals surface area contributed by atoms with Gasteiger partial charge >= 0.3 is 30.1 Å². The van der Waals surface area contributed by atoms with Crippen LogP contribution in [-0.4, -0.2) is 41.3 Å². The maximum Gasteiger partial charge on any atom is 0.490 e. The molecule has 10 heteroatoms. The van der Waals surface area contributed by atoms with Gasteiger partial charge in [0.1, 0.15) is 12.0 Å². The van der Waals surface area contributed by atoms with Gasteiger partial charge in [-0.15, -0.1) is 0 Å². The normalized spacial score (nSPS) is 25.2. The molecule has 0 aliphatic carbocycles. The van der Waals surface area contributed by atoms with Gasteiger partial charge in [0.2, 0.25) is 0 Å². The molecule has 0 bridgehead atoms. The lowest BCUT2D eigenvalue weighted by Gasteiger charge is -2.23. The van der Waals surface area contributed by atoms with E-state index in [0.717, 1.165) is 13.8 Å². The molecule has 21 heavy (non-hydrogen) atoms. The Hall–Kier alpha value is -2.13. The van der Waals surface area contributed by atoms with Crippen LogP contribution >= 0.6 is 0 Å². The predicted molar refractivity (Wildman–Crippen MR) is 56.5 cm³/mol.